The molecule has 3 N–H and O–H groups in total. The summed E-state index contributed by atoms with van der Waals surface area (Å²) in [5.74, 6) is 0.0848. The molecule has 90 valence electrons. The van der Waals surface area contributed by atoms with Gasteiger partial charge in [-0.15, -0.1) is 0 Å². The fourth-order valence-electron chi connectivity index (χ4n) is 1.08. The van der Waals surface area contributed by atoms with Crippen LogP contribution < -0.4 is 10.6 Å². The molecule has 0 radical (unpaired) electrons. The topological polar surface area (TPSA) is 70.6 Å². The Morgan fingerprint density at radius 3 is 2.80 bits per heavy atom. The van der Waals surface area contributed by atoms with Crippen LogP contribution in [0, 0.1) is 0 Å². The molecule has 0 aromatic carbocycles. The predicted molar refractivity (Wildman–Crippen MR) is 58.7 cm³/mol. The van der Waals surface area contributed by atoms with Gasteiger partial charge in [-0.1, -0.05) is 0 Å². The molecule has 0 aromatic rings. The first-order chi connectivity index (χ1) is 7.31. The minimum atomic E-state index is 0.0740. The Balaban J connectivity index is 3.01. The molecule has 0 saturated heterocycles. The van der Waals surface area contributed by atoms with E-state index in [-0.39, 0.29) is 12.5 Å². The number of nitrogens with one attached hydrogen (secondary N) is 2. The van der Waals surface area contributed by atoms with Crippen molar-refractivity contribution in [1.29, 1.82) is 0 Å². The Morgan fingerprint density at radius 1 is 1.33 bits per heavy atom. The van der Waals surface area contributed by atoms with E-state index in [2.05, 4.69) is 10.6 Å². The van der Waals surface area contributed by atoms with Gasteiger partial charge in [-0.2, -0.15) is 0 Å². The Bertz CT molecular complexity index is 154. The van der Waals surface area contributed by atoms with Crippen LogP contribution in [0.4, 0.5) is 0 Å². The van der Waals surface area contributed by atoms with E-state index in [0.29, 0.717) is 32.7 Å². The van der Waals surface area contributed by atoms with E-state index in [1.807, 2.05) is 6.92 Å². The van der Waals surface area contributed by atoms with Gasteiger partial charge in [-0.3, -0.25) is 4.79 Å². The molecule has 0 spiro atoms. The van der Waals surface area contributed by atoms with Crippen molar-refractivity contribution in [3.05, 3.63) is 0 Å². The van der Waals surface area contributed by atoms with Crippen molar-refractivity contribution in [2.24, 2.45) is 0 Å². The van der Waals surface area contributed by atoms with Gasteiger partial charge in [-0.05, 0) is 19.9 Å². The summed E-state index contributed by atoms with van der Waals surface area (Å²) in [7, 11) is 0. The zero-order valence-corrected chi connectivity index (χ0v) is 9.42. The van der Waals surface area contributed by atoms with Gasteiger partial charge in [0.1, 0.15) is 0 Å². The molecule has 1 amide bonds. The highest BCUT2D eigenvalue weighted by Crippen LogP contribution is 1.82. The van der Waals surface area contributed by atoms with Crippen LogP contribution in [-0.2, 0) is 9.53 Å². The Kier molecular flexibility index (Phi) is 10.9. The second-order valence-electron chi connectivity index (χ2n) is 3.14. The third-order valence-electron chi connectivity index (χ3n) is 1.78. The predicted octanol–water partition coefficient (Wildman–Crippen LogP) is -0.499. The summed E-state index contributed by atoms with van der Waals surface area (Å²) in [6.07, 6.45) is 1.42. The first-order valence-electron chi connectivity index (χ1n) is 5.47. The molecule has 0 atom stereocenters. The molecule has 0 aliphatic carbocycles. The fourth-order valence-corrected chi connectivity index (χ4v) is 1.08. The van der Waals surface area contributed by atoms with E-state index < -0.39 is 0 Å². The number of hydrogen-bond donors (Lipinski definition) is 3. The molecule has 0 aliphatic rings. The second-order valence-corrected chi connectivity index (χ2v) is 3.14. The third kappa shape index (κ3) is 11.3. The fraction of sp³-hybridized carbons (Fsp3) is 0.900. The lowest BCUT2D eigenvalue weighted by molar-refractivity contribution is -0.120. The maximum absolute atomic E-state index is 11.0. The van der Waals surface area contributed by atoms with Crippen LogP contribution in [0.5, 0.6) is 0 Å². The van der Waals surface area contributed by atoms with E-state index >= 15 is 0 Å². The van der Waals surface area contributed by atoms with Crippen LogP contribution in [0.15, 0.2) is 0 Å². The normalized spacial score (nSPS) is 10.3. The van der Waals surface area contributed by atoms with Gasteiger partial charge in [0.15, 0.2) is 0 Å². The highest BCUT2D eigenvalue weighted by Gasteiger charge is 1.97. The highest BCUT2D eigenvalue weighted by molar-refractivity contribution is 5.75. The smallest absolute Gasteiger partial charge is 0.221 e. The molecule has 5 nitrogen and oxygen atoms in total. The quantitative estimate of drug-likeness (QED) is 0.432. The van der Waals surface area contributed by atoms with Gasteiger partial charge in [0.05, 0.1) is 13.2 Å². The van der Waals surface area contributed by atoms with Crippen molar-refractivity contribution in [2.75, 3.05) is 39.5 Å². The van der Waals surface area contributed by atoms with Gasteiger partial charge in [0.2, 0.25) is 5.91 Å². The SMILES string of the molecule is CCNC(=O)CCNCCCOCCO. The van der Waals surface area contributed by atoms with Crippen LogP contribution >= 0.6 is 0 Å². The lowest BCUT2D eigenvalue weighted by atomic mass is 10.3. The molecular weight excluding hydrogens is 196 g/mol. The molecule has 0 fully saturated rings. The molecule has 0 saturated carbocycles. The lowest BCUT2D eigenvalue weighted by Crippen LogP contribution is -2.28. The van der Waals surface area contributed by atoms with Gasteiger partial charge in [-0.25, -0.2) is 0 Å². The maximum atomic E-state index is 11.0. The molecule has 15 heavy (non-hydrogen) atoms. The minimum Gasteiger partial charge on any atom is -0.394 e. The molecule has 0 aliphatic heterocycles. The summed E-state index contributed by atoms with van der Waals surface area (Å²) in [6, 6.07) is 0. The monoisotopic (exact) mass is 218 g/mol. The molecule has 0 bridgehead atoms. The summed E-state index contributed by atoms with van der Waals surface area (Å²) in [4.78, 5) is 11.0. The van der Waals surface area contributed by atoms with Crippen molar-refractivity contribution >= 4 is 5.91 Å². The minimum absolute atomic E-state index is 0.0740. The average molecular weight is 218 g/mol. The standard InChI is InChI=1S/C10H22N2O3/c1-2-12-10(14)4-6-11-5-3-8-15-9-7-13/h11,13H,2-9H2,1H3,(H,12,14). The second kappa shape index (κ2) is 11.4. The van der Waals surface area contributed by atoms with Crippen LogP contribution in [0.1, 0.15) is 19.8 Å². The number of amides is 1. The van der Waals surface area contributed by atoms with Gasteiger partial charge in [0, 0.05) is 26.1 Å². The first-order valence-corrected chi connectivity index (χ1v) is 5.47. The number of carbonyl (C=O) groups is 1. The van der Waals surface area contributed by atoms with Crippen molar-refractivity contribution < 1.29 is 14.6 Å². The number of aliphatic hydroxyl groups is 1. The van der Waals surface area contributed by atoms with Crippen LogP contribution in [0.2, 0.25) is 0 Å². The first kappa shape index (κ1) is 14.3. The number of carbonyl (C=O) groups excluding carboxylic acids is 1. The van der Waals surface area contributed by atoms with Gasteiger partial charge < -0.3 is 20.5 Å². The number of aliphatic hydroxyl groups excluding tert-OH is 1. The Hall–Kier alpha value is -0.650. The van der Waals surface area contributed by atoms with E-state index in [1.165, 1.54) is 0 Å². The Labute approximate surface area is 91.2 Å². The van der Waals surface area contributed by atoms with Gasteiger partial charge in [0.25, 0.3) is 0 Å². The summed E-state index contributed by atoms with van der Waals surface area (Å²) in [5, 5.41) is 14.3. The van der Waals surface area contributed by atoms with E-state index in [0.717, 1.165) is 13.0 Å². The molecule has 5 heteroatoms. The molecule has 0 unspecified atom stereocenters. The largest absolute Gasteiger partial charge is 0.394 e. The van der Waals surface area contributed by atoms with Crippen molar-refractivity contribution in [2.45, 2.75) is 19.8 Å². The van der Waals surface area contributed by atoms with E-state index in [9.17, 15) is 4.79 Å². The summed E-state index contributed by atoms with van der Waals surface area (Å²) >= 11 is 0. The zero-order chi connectivity index (χ0) is 11.4. The Morgan fingerprint density at radius 2 is 2.13 bits per heavy atom. The van der Waals surface area contributed by atoms with Crippen LogP contribution in [0.3, 0.4) is 0 Å². The lowest BCUT2D eigenvalue weighted by Gasteiger charge is -2.05. The van der Waals surface area contributed by atoms with E-state index in [1.54, 1.807) is 0 Å². The number of rotatable bonds is 10. The molecule has 0 heterocycles. The summed E-state index contributed by atoms with van der Waals surface area (Å²) < 4.78 is 5.08. The van der Waals surface area contributed by atoms with E-state index in [4.69, 9.17) is 9.84 Å². The number of ether oxygens (including phenoxy) is 1. The van der Waals surface area contributed by atoms with Crippen molar-refractivity contribution in [1.82, 2.24) is 10.6 Å². The van der Waals surface area contributed by atoms with Crippen LogP contribution in [-0.4, -0.2) is 50.5 Å². The van der Waals surface area contributed by atoms with Crippen molar-refractivity contribution in [3.63, 3.8) is 0 Å². The zero-order valence-electron chi connectivity index (χ0n) is 9.42. The summed E-state index contributed by atoms with van der Waals surface area (Å²) in [5.41, 5.74) is 0. The molecular formula is C10H22N2O3. The highest BCUT2D eigenvalue weighted by atomic mass is 16.5. The number of hydrogen-bond acceptors (Lipinski definition) is 4. The molecule has 0 aromatic heterocycles. The van der Waals surface area contributed by atoms with Gasteiger partial charge >= 0.3 is 0 Å². The summed E-state index contributed by atoms with van der Waals surface area (Å²) in [6.45, 7) is 5.26. The average Bonchev–Trinajstić information content (AvgIpc) is 2.22. The maximum Gasteiger partial charge on any atom is 0.221 e. The third-order valence-corrected chi connectivity index (χ3v) is 1.78. The van der Waals surface area contributed by atoms with Crippen molar-refractivity contribution in [3.8, 4) is 0 Å². The van der Waals surface area contributed by atoms with Crippen LogP contribution in [0.25, 0.3) is 0 Å². The molecule has 0 rings (SSSR count).